The van der Waals surface area contributed by atoms with E-state index in [1.165, 1.54) is 6.33 Å². The molecular formula is C6H10N4. The van der Waals surface area contributed by atoms with Gasteiger partial charge in [-0.15, -0.1) is 0 Å². The summed E-state index contributed by atoms with van der Waals surface area (Å²) in [6, 6.07) is 0. The van der Waals surface area contributed by atoms with Crippen LogP contribution in [0.5, 0.6) is 0 Å². The van der Waals surface area contributed by atoms with E-state index in [1.807, 2.05) is 6.92 Å². The third kappa shape index (κ3) is 1.65. The monoisotopic (exact) mass is 138 g/mol. The molecule has 0 aromatic carbocycles. The molecule has 0 atom stereocenters. The lowest BCUT2D eigenvalue weighted by molar-refractivity contribution is 1.08. The second kappa shape index (κ2) is 3.10. The van der Waals surface area contributed by atoms with Crippen LogP contribution in [0.3, 0.4) is 0 Å². The minimum atomic E-state index is 0.583. The summed E-state index contributed by atoms with van der Waals surface area (Å²) in [5, 5.41) is 6.32. The number of nitrogens with one attached hydrogen (secondary N) is 1. The molecule has 4 heteroatoms. The fraction of sp³-hybridized carbons (Fsp3) is 0.500. The third-order valence-corrected chi connectivity index (χ3v) is 1.21. The van der Waals surface area contributed by atoms with Gasteiger partial charge in [0.05, 0.1) is 0 Å². The Hall–Kier alpha value is -1.19. The quantitative estimate of drug-likeness (QED) is 0.626. The number of H-pyrrole nitrogens is 1. The van der Waals surface area contributed by atoms with Crippen LogP contribution >= 0.6 is 0 Å². The van der Waals surface area contributed by atoms with Crippen molar-refractivity contribution < 1.29 is 0 Å². The summed E-state index contributed by atoms with van der Waals surface area (Å²) in [4.78, 5) is 7.98. The predicted molar refractivity (Wildman–Crippen MR) is 39.4 cm³/mol. The van der Waals surface area contributed by atoms with Gasteiger partial charge in [-0.05, 0) is 13.3 Å². The van der Waals surface area contributed by atoms with E-state index in [0.717, 1.165) is 12.1 Å². The van der Waals surface area contributed by atoms with Gasteiger partial charge in [-0.25, -0.2) is 10.1 Å². The molecule has 1 rings (SSSR count). The van der Waals surface area contributed by atoms with Crippen LogP contribution in [-0.4, -0.2) is 20.9 Å². The van der Waals surface area contributed by atoms with Crippen LogP contribution in [0.2, 0.25) is 0 Å². The van der Waals surface area contributed by atoms with E-state index in [0.29, 0.717) is 5.95 Å². The fourth-order valence-electron chi connectivity index (χ4n) is 0.513. The molecule has 0 saturated heterocycles. The summed E-state index contributed by atoms with van der Waals surface area (Å²) < 4.78 is 0. The average Bonchev–Trinajstić information content (AvgIpc) is 2.40. The number of rotatable bonds is 2. The van der Waals surface area contributed by atoms with Crippen LogP contribution in [0.4, 0.5) is 5.95 Å². The van der Waals surface area contributed by atoms with E-state index in [1.54, 1.807) is 0 Å². The Kier molecular flexibility index (Phi) is 2.15. The van der Waals surface area contributed by atoms with Crippen LogP contribution < -0.4 is 0 Å². The highest BCUT2D eigenvalue weighted by Crippen LogP contribution is 2.00. The summed E-state index contributed by atoms with van der Waals surface area (Å²) >= 11 is 0. The van der Waals surface area contributed by atoms with E-state index >= 15 is 0 Å². The van der Waals surface area contributed by atoms with Gasteiger partial charge in [0, 0.05) is 5.71 Å². The van der Waals surface area contributed by atoms with E-state index in [2.05, 4.69) is 27.1 Å². The standard InChI is InChI=1S/C6H10N4/c1-3-5(2)9-6-7-4-8-10-6/h4H,3H2,1-2H3,(H,7,8,10). The van der Waals surface area contributed by atoms with E-state index < -0.39 is 0 Å². The average molecular weight is 138 g/mol. The van der Waals surface area contributed by atoms with Gasteiger partial charge in [-0.2, -0.15) is 10.1 Å². The second-order valence-corrected chi connectivity index (χ2v) is 2.01. The number of hydrogen-bond donors (Lipinski definition) is 1. The Morgan fingerprint density at radius 1 is 1.80 bits per heavy atom. The van der Waals surface area contributed by atoms with E-state index in [4.69, 9.17) is 0 Å². The lowest BCUT2D eigenvalue weighted by Gasteiger charge is -1.88. The highest BCUT2D eigenvalue weighted by atomic mass is 15.2. The molecule has 1 heterocycles. The van der Waals surface area contributed by atoms with E-state index in [-0.39, 0.29) is 0 Å². The van der Waals surface area contributed by atoms with Gasteiger partial charge in [0.15, 0.2) is 0 Å². The van der Waals surface area contributed by atoms with Crippen molar-refractivity contribution >= 4 is 11.7 Å². The molecule has 0 saturated carbocycles. The number of aromatic amines is 1. The van der Waals surface area contributed by atoms with Gasteiger partial charge in [-0.3, -0.25) is 0 Å². The van der Waals surface area contributed by atoms with Crippen molar-refractivity contribution in [3.05, 3.63) is 6.33 Å². The Morgan fingerprint density at radius 2 is 2.60 bits per heavy atom. The molecule has 0 amide bonds. The molecule has 10 heavy (non-hydrogen) atoms. The second-order valence-electron chi connectivity index (χ2n) is 2.01. The van der Waals surface area contributed by atoms with Gasteiger partial charge in [0.2, 0.25) is 5.95 Å². The van der Waals surface area contributed by atoms with Gasteiger partial charge in [-0.1, -0.05) is 6.92 Å². The molecular weight excluding hydrogens is 128 g/mol. The largest absolute Gasteiger partial charge is 0.244 e. The van der Waals surface area contributed by atoms with Gasteiger partial charge in [0.25, 0.3) is 0 Å². The van der Waals surface area contributed by atoms with Crippen LogP contribution in [0, 0.1) is 0 Å². The molecule has 0 unspecified atom stereocenters. The first-order valence-electron chi connectivity index (χ1n) is 3.22. The number of aliphatic imine (C=N–C) groups is 1. The van der Waals surface area contributed by atoms with Gasteiger partial charge >= 0.3 is 0 Å². The third-order valence-electron chi connectivity index (χ3n) is 1.21. The molecule has 0 aliphatic rings. The SMILES string of the molecule is CCC(C)=Nc1ncn[nH]1. The maximum Gasteiger partial charge on any atom is 0.244 e. The number of hydrogen-bond acceptors (Lipinski definition) is 3. The van der Waals surface area contributed by atoms with Gasteiger partial charge < -0.3 is 0 Å². The lowest BCUT2D eigenvalue weighted by atomic mass is 10.3. The fourth-order valence-corrected chi connectivity index (χ4v) is 0.513. The Balaban J connectivity index is 2.71. The van der Waals surface area contributed by atoms with Crippen LogP contribution in [0.25, 0.3) is 0 Å². The molecule has 1 aromatic rings. The molecule has 54 valence electrons. The molecule has 0 bridgehead atoms. The summed E-state index contributed by atoms with van der Waals surface area (Å²) in [7, 11) is 0. The first-order chi connectivity index (χ1) is 4.83. The van der Waals surface area contributed by atoms with E-state index in [9.17, 15) is 0 Å². The Morgan fingerprint density at radius 3 is 3.10 bits per heavy atom. The summed E-state index contributed by atoms with van der Waals surface area (Å²) in [5.74, 6) is 0.583. The zero-order valence-electron chi connectivity index (χ0n) is 6.13. The van der Waals surface area contributed by atoms with Crippen LogP contribution in [-0.2, 0) is 0 Å². The molecule has 0 aliphatic carbocycles. The first kappa shape index (κ1) is 6.92. The van der Waals surface area contributed by atoms with Crippen molar-refractivity contribution in [1.82, 2.24) is 15.2 Å². The zero-order chi connectivity index (χ0) is 7.40. The molecule has 0 radical (unpaired) electrons. The van der Waals surface area contributed by atoms with Crippen molar-refractivity contribution in [3.63, 3.8) is 0 Å². The highest BCUT2D eigenvalue weighted by molar-refractivity contribution is 5.83. The minimum Gasteiger partial charge on any atom is -0.244 e. The smallest absolute Gasteiger partial charge is 0.244 e. The van der Waals surface area contributed by atoms with Crippen molar-refractivity contribution in [2.24, 2.45) is 4.99 Å². The Bertz CT molecular complexity index is 212. The van der Waals surface area contributed by atoms with Gasteiger partial charge in [0.1, 0.15) is 6.33 Å². The minimum absolute atomic E-state index is 0.583. The summed E-state index contributed by atoms with van der Waals surface area (Å²) in [5.41, 5.74) is 1.05. The van der Waals surface area contributed by atoms with Crippen molar-refractivity contribution in [1.29, 1.82) is 0 Å². The summed E-state index contributed by atoms with van der Waals surface area (Å²) in [6.45, 7) is 4.01. The molecule has 4 nitrogen and oxygen atoms in total. The number of nitrogens with zero attached hydrogens (tertiary/aromatic N) is 3. The molecule has 1 N–H and O–H groups in total. The van der Waals surface area contributed by atoms with Crippen molar-refractivity contribution in [2.75, 3.05) is 0 Å². The number of aromatic nitrogens is 3. The van der Waals surface area contributed by atoms with Crippen molar-refractivity contribution in [3.8, 4) is 0 Å². The summed E-state index contributed by atoms with van der Waals surface area (Å²) in [6.07, 6.45) is 2.39. The topological polar surface area (TPSA) is 53.9 Å². The molecule has 1 aromatic heterocycles. The predicted octanol–water partition coefficient (Wildman–Crippen LogP) is 1.31. The van der Waals surface area contributed by atoms with Crippen LogP contribution in [0.1, 0.15) is 20.3 Å². The molecule has 0 spiro atoms. The maximum absolute atomic E-state index is 4.12. The lowest BCUT2D eigenvalue weighted by Crippen LogP contribution is -1.85. The first-order valence-corrected chi connectivity index (χ1v) is 3.22. The Labute approximate surface area is 59.4 Å². The normalized spacial score (nSPS) is 12.0. The van der Waals surface area contributed by atoms with Crippen LogP contribution in [0.15, 0.2) is 11.3 Å². The zero-order valence-corrected chi connectivity index (χ0v) is 6.13. The molecule has 0 fully saturated rings. The highest BCUT2D eigenvalue weighted by Gasteiger charge is 1.90. The maximum atomic E-state index is 4.12. The molecule has 0 aliphatic heterocycles. The van der Waals surface area contributed by atoms with Crippen molar-refractivity contribution in [2.45, 2.75) is 20.3 Å².